The highest BCUT2D eigenvalue weighted by atomic mass is 127. The topological polar surface area (TPSA) is 43.8 Å². The molecule has 4 heteroatoms. The summed E-state index contributed by atoms with van der Waals surface area (Å²) in [5, 5.41) is 4.75. The molecule has 1 atom stereocenters. The summed E-state index contributed by atoms with van der Waals surface area (Å²) in [6.07, 6.45) is 8.73. The molecule has 3 nitrogen and oxygen atoms in total. The maximum atomic E-state index is 6.32. The second kappa shape index (κ2) is 4.37. The molecule has 2 N–H and O–H groups in total. The zero-order valence-corrected chi connectivity index (χ0v) is 14.6. The zero-order valence-electron chi connectivity index (χ0n) is 12.4. The maximum absolute atomic E-state index is 6.32. The molecule has 0 aliphatic heterocycles. The lowest BCUT2D eigenvalue weighted by atomic mass is 9.48. The fraction of sp³-hybridized carbons (Fsp3) is 0.812. The summed E-state index contributed by atoms with van der Waals surface area (Å²) < 4.78 is 3.28. The summed E-state index contributed by atoms with van der Waals surface area (Å²) in [4.78, 5) is 0. The summed E-state index contributed by atoms with van der Waals surface area (Å²) in [7, 11) is 0. The lowest BCUT2D eigenvalue weighted by Crippen LogP contribution is -2.49. The predicted molar refractivity (Wildman–Crippen MR) is 89.4 cm³/mol. The SMILES string of the molecule is Cc1nn(C(C)C23CC4CC(CC(C4)C2)C3)c(N)c1I. The number of rotatable bonds is 2. The van der Waals surface area contributed by atoms with E-state index in [1.807, 2.05) is 0 Å². The zero-order chi connectivity index (χ0) is 14.1. The Morgan fingerprint density at radius 1 is 1.20 bits per heavy atom. The quantitative estimate of drug-likeness (QED) is 0.778. The first-order chi connectivity index (χ1) is 9.48. The van der Waals surface area contributed by atoms with Crippen LogP contribution in [0.25, 0.3) is 0 Å². The highest BCUT2D eigenvalue weighted by Gasteiger charge is 2.54. The monoisotopic (exact) mass is 385 g/mol. The number of nitrogens with zero attached hydrogens (tertiary/aromatic N) is 2. The van der Waals surface area contributed by atoms with Crippen molar-refractivity contribution in [2.45, 2.75) is 58.4 Å². The molecular weight excluding hydrogens is 361 g/mol. The number of nitrogens with two attached hydrogens (primary N) is 1. The van der Waals surface area contributed by atoms with Crippen LogP contribution in [0.4, 0.5) is 5.82 Å². The molecule has 110 valence electrons. The molecule has 4 bridgehead atoms. The number of halogens is 1. The summed E-state index contributed by atoms with van der Waals surface area (Å²) >= 11 is 2.33. The Labute approximate surface area is 134 Å². The largest absolute Gasteiger partial charge is 0.383 e. The van der Waals surface area contributed by atoms with Gasteiger partial charge in [0.1, 0.15) is 5.82 Å². The van der Waals surface area contributed by atoms with Crippen LogP contribution in [0, 0.1) is 33.7 Å². The molecule has 0 aromatic carbocycles. The van der Waals surface area contributed by atoms with Crippen molar-refractivity contribution in [1.82, 2.24) is 9.78 Å². The minimum atomic E-state index is 0.457. The number of aromatic nitrogens is 2. The molecular formula is C16H24IN3. The molecule has 4 fully saturated rings. The molecule has 1 unspecified atom stereocenters. The van der Waals surface area contributed by atoms with Crippen LogP contribution >= 0.6 is 22.6 Å². The van der Waals surface area contributed by atoms with Crippen LogP contribution in [0.15, 0.2) is 0 Å². The Balaban J connectivity index is 1.71. The number of hydrogen-bond acceptors (Lipinski definition) is 2. The van der Waals surface area contributed by atoms with Crippen molar-refractivity contribution >= 4 is 28.4 Å². The van der Waals surface area contributed by atoms with Crippen molar-refractivity contribution in [3.05, 3.63) is 9.26 Å². The van der Waals surface area contributed by atoms with Gasteiger partial charge in [0.2, 0.25) is 0 Å². The average Bonchev–Trinajstić information content (AvgIpc) is 2.64. The number of anilines is 1. The number of hydrogen-bond donors (Lipinski definition) is 1. The van der Waals surface area contributed by atoms with E-state index in [2.05, 4.69) is 41.1 Å². The average molecular weight is 385 g/mol. The van der Waals surface area contributed by atoms with E-state index in [0.29, 0.717) is 11.5 Å². The van der Waals surface area contributed by atoms with Crippen molar-refractivity contribution in [2.24, 2.45) is 23.2 Å². The van der Waals surface area contributed by atoms with Gasteiger partial charge in [-0.25, -0.2) is 4.68 Å². The smallest absolute Gasteiger partial charge is 0.135 e. The molecule has 5 rings (SSSR count). The third kappa shape index (κ3) is 1.79. The van der Waals surface area contributed by atoms with E-state index in [4.69, 9.17) is 10.8 Å². The van der Waals surface area contributed by atoms with Gasteiger partial charge < -0.3 is 5.73 Å². The van der Waals surface area contributed by atoms with Gasteiger partial charge in [0, 0.05) is 0 Å². The fourth-order valence-corrected chi connectivity index (χ4v) is 6.14. The van der Waals surface area contributed by atoms with Gasteiger partial charge in [-0.1, -0.05) is 0 Å². The molecule has 0 saturated heterocycles. The van der Waals surface area contributed by atoms with Gasteiger partial charge >= 0.3 is 0 Å². The van der Waals surface area contributed by atoms with E-state index in [0.717, 1.165) is 32.8 Å². The van der Waals surface area contributed by atoms with E-state index in [1.165, 1.54) is 38.5 Å². The Kier molecular flexibility index (Phi) is 2.93. The number of nitrogen functional groups attached to an aromatic ring is 1. The standard InChI is InChI=1S/C16H24IN3/c1-9-14(17)15(18)20(19-9)10(2)16-6-11-3-12(7-16)5-13(4-11)8-16/h10-13H,3-8,18H2,1-2H3. The Hall–Kier alpha value is -0.260. The summed E-state index contributed by atoms with van der Waals surface area (Å²) in [6, 6.07) is 0.457. The summed E-state index contributed by atoms with van der Waals surface area (Å²) in [5.41, 5.74) is 7.88. The molecule has 4 aliphatic carbocycles. The summed E-state index contributed by atoms with van der Waals surface area (Å²) in [5.74, 6) is 3.84. The lowest BCUT2D eigenvalue weighted by molar-refractivity contribution is -0.0806. The third-order valence-electron chi connectivity index (χ3n) is 6.39. The molecule has 20 heavy (non-hydrogen) atoms. The van der Waals surface area contributed by atoms with Crippen LogP contribution in [0.3, 0.4) is 0 Å². The highest BCUT2D eigenvalue weighted by Crippen LogP contribution is 2.63. The molecule has 1 aromatic rings. The van der Waals surface area contributed by atoms with Gasteiger partial charge in [-0.3, -0.25) is 0 Å². The van der Waals surface area contributed by atoms with Gasteiger partial charge in [0.25, 0.3) is 0 Å². The summed E-state index contributed by atoms with van der Waals surface area (Å²) in [6.45, 7) is 4.44. The van der Waals surface area contributed by atoms with Crippen molar-refractivity contribution in [2.75, 3.05) is 5.73 Å². The van der Waals surface area contributed by atoms with Crippen LogP contribution < -0.4 is 5.73 Å². The Morgan fingerprint density at radius 3 is 2.10 bits per heavy atom. The predicted octanol–water partition coefficient (Wildman–Crippen LogP) is 4.16. The lowest BCUT2D eigenvalue weighted by Gasteiger charge is -2.59. The first-order valence-corrected chi connectivity index (χ1v) is 9.06. The van der Waals surface area contributed by atoms with Gasteiger partial charge in [-0.15, -0.1) is 0 Å². The second-order valence-electron chi connectivity index (χ2n) is 7.69. The molecule has 4 saturated carbocycles. The molecule has 1 aromatic heterocycles. The van der Waals surface area contributed by atoms with Crippen LogP contribution in [-0.2, 0) is 0 Å². The maximum Gasteiger partial charge on any atom is 0.135 e. The first kappa shape index (κ1) is 13.4. The van der Waals surface area contributed by atoms with Crippen molar-refractivity contribution in [3.8, 4) is 0 Å². The van der Waals surface area contributed by atoms with E-state index < -0.39 is 0 Å². The van der Waals surface area contributed by atoms with Crippen molar-refractivity contribution < 1.29 is 0 Å². The van der Waals surface area contributed by atoms with Gasteiger partial charge in [0.15, 0.2) is 0 Å². The minimum absolute atomic E-state index is 0.457. The minimum Gasteiger partial charge on any atom is -0.383 e. The van der Waals surface area contributed by atoms with E-state index in [-0.39, 0.29) is 0 Å². The van der Waals surface area contributed by atoms with Crippen molar-refractivity contribution in [3.63, 3.8) is 0 Å². The molecule has 0 spiro atoms. The van der Waals surface area contributed by atoms with E-state index in [1.54, 1.807) is 0 Å². The molecule has 4 aliphatic rings. The van der Waals surface area contributed by atoms with E-state index >= 15 is 0 Å². The van der Waals surface area contributed by atoms with Gasteiger partial charge in [-0.05, 0) is 98.1 Å². The van der Waals surface area contributed by atoms with E-state index in [9.17, 15) is 0 Å². The Morgan fingerprint density at radius 2 is 1.70 bits per heavy atom. The molecule has 0 amide bonds. The van der Waals surface area contributed by atoms with Gasteiger partial charge in [0.05, 0.1) is 15.3 Å². The van der Waals surface area contributed by atoms with Crippen LogP contribution in [-0.4, -0.2) is 9.78 Å². The van der Waals surface area contributed by atoms with Crippen molar-refractivity contribution in [1.29, 1.82) is 0 Å². The third-order valence-corrected chi connectivity index (χ3v) is 7.72. The molecule has 1 heterocycles. The number of aryl methyl sites for hydroxylation is 1. The first-order valence-electron chi connectivity index (χ1n) is 7.98. The van der Waals surface area contributed by atoms with Crippen LogP contribution in [0.5, 0.6) is 0 Å². The Bertz CT molecular complexity index is 513. The van der Waals surface area contributed by atoms with Gasteiger partial charge in [-0.2, -0.15) is 5.10 Å². The van der Waals surface area contributed by atoms with Crippen LogP contribution in [0.1, 0.15) is 57.2 Å². The second-order valence-corrected chi connectivity index (χ2v) is 8.76. The fourth-order valence-electron chi connectivity index (χ4n) is 5.79. The molecule has 0 radical (unpaired) electrons. The highest BCUT2D eigenvalue weighted by molar-refractivity contribution is 14.1. The normalized spacial score (nSPS) is 40.2. The van der Waals surface area contributed by atoms with Crippen LogP contribution in [0.2, 0.25) is 0 Å².